The van der Waals surface area contributed by atoms with Crippen LogP contribution in [0.25, 0.3) is 0 Å². The Morgan fingerprint density at radius 3 is 3.09 bits per heavy atom. The van der Waals surface area contributed by atoms with Crippen LogP contribution in [0.1, 0.15) is 25.0 Å². The SMILES string of the molecule is CC(CC(=O)O)c1cocn1. The molecule has 1 atom stereocenters. The molecule has 1 N–H and O–H groups in total. The van der Waals surface area contributed by atoms with E-state index in [1.54, 1.807) is 6.92 Å². The van der Waals surface area contributed by atoms with Crippen LogP contribution in [0.15, 0.2) is 17.1 Å². The van der Waals surface area contributed by atoms with Gasteiger partial charge in [-0.3, -0.25) is 4.79 Å². The zero-order valence-corrected chi connectivity index (χ0v) is 6.15. The zero-order chi connectivity index (χ0) is 8.27. The Balaban J connectivity index is 2.56. The van der Waals surface area contributed by atoms with Gasteiger partial charge in [0.2, 0.25) is 0 Å². The molecule has 60 valence electrons. The second-order valence-electron chi connectivity index (χ2n) is 2.41. The van der Waals surface area contributed by atoms with Gasteiger partial charge in [0.25, 0.3) is 0 Å². The lowest BCUT2D eigenvalue weighted by Gasteiger charge is -2.01. The number of aromatic nitrogens is 1. The number of hydrogen-bond donors (Lipinski definition) is 1. The average Bonchev–Trinajstić information content (AvgIpc) is 2.35. The minimum Gasteiger partial charge on any atom is -0.481 e. The number of nitrogens with zero attached hydrogens (tertiary/aromatic N) is 1. The third-order valence-corrected chi connectivity index (χ3v) is 1.44. The summed E-state index contributed by atoms with van der Waals surface area (Å²) in [6.45, 7) is 1.80. The Morgan fingerprint density at radius 2 is 2.64 bits per heavy atom. The molecule has 0 amide bonds. The lowest BCUT2D eigenvalue weighted by Crippen LogP contribution is -2.02. The van der Waals surface area contributed by atoms with Crippen molar-refractivity contribution in [1.29, 1.82) is 0 Å². The maximum absolute atomic E-state index is 10.2. The zero-order valence-electron chi connectivity index (χ0n) is 6.15. The lowest BCUT2D eigenvalue weighted by atomic mass is 10.1. The van der Waals surface area contributed by atoms with Gasteiger partial charge >= 0.3 is 5.97 Å². The Kier molecular flexibility index (Phi) is 2.25. The monoisotopic (exact) mass is 155 g/mol. The number of rotatable bonds is 3. The van der Waals surface area contributed by atoms with Crippen molar-refractivity contribution >= 4 is 5.97 Å². The van der Waals surface area contributed by atoms with Crippen molar-refractivity contribution < 1.29 is 14.3 Å². The van der Waals surface area contributed by atoms with Crippen molar-refractivity contribution in [2.75, 3.05) is 0 Å². The molecule has 0 aliphatic heterocycles. The van der Waals surface area contributed by atoms with Crippen LogP contribution in [-0.4, -0.2) is 16.1 Å². The topological polar surface area (TPSA) is 63.3 Å². The maximum Gasteiger partial charge on any atom is 0.304 e. The Morgan fingerprint density at radius 1 is 1.91 bits per heavy atom. The molecule has 4 heteroatoms. The molecule has 0 saturated carbocycles. The summed E-state index contributed by atoms with van der Waals surface area (Å²) in [6, 6.07) is 0. The largest absolute Gasteiger partial charge is 0.481 e. The highest BCUT2D eigenvalue weighted by molar-refractivity contribution is 5.67. The molecule has 0 aromatic carbocycles. The minimum absolute atomic E-state index is 0.0775. The fraction of sp³-hybridized carbons (Fsp3) is 0.429. The van der Waals surface area contributed by atoms with E-state index in [1.165, 1.54) is 12.7 Å². The van der Waals surface area contributed by atoms with Gasteiger partial charge in [0.15, 0.2) is 6.39 Å². The van der Waals surface area contributed by atoms with Crippen molar-refractivity contribution in [2.24, 2.45) is 0 Å². The van der Waals surface area contributed by atoms with E-state index in [0.29, 0.717) is 5.69 Å². The van der Waals surface area contributed by atoms with Gasteiger partial charge in [-0.15, -0.1) is 0 Å². The van der Waals surface area contributed by atoms with Crippen LogP contribution in [0.3, 0.4) is 0 Å². The van der Waals surface area contributed by atoms with Crippen LogP contribution in [0.5, 0.6) is 0 Å². The summed E-state index contributed by atoms with van der Waals surface area (Å²) >= 11 is 0. The van der Waals surface area contributed by atoms with Gasteiger partial charge in [-0.05, 0) is 0 Å². The maximum atomic E-state index is 10.2. The van der Waals surface area contributed by atoms with E-state index in [4.69, 9.17) is 9.52 Å². The Bertz CT molecular complexity index is 230. The van der Waals surface area contributed by atoms with Crippen LogP contribution < -0.4 is 0 Å². The van der Waals surface area contributed by atoms with Gasteiger partial charge in [0.05, 0.1) is 12.1 Å². The molecular formula is C7H9NO3. The molecule has 0 radical (unpaired) electrons. The van der Waals surface area contributed by atoms with Crippen molar-refractivity contribution in [3.8, 4) is 0 Å². The van der Waals surface area contributed by atoms with Gasteiger partial charge in [0.1, 0.15) is 6.26 Å². The van der Waals surface area contributed by atoms with Crippen LogP contribution in [0, 0.1) is 0 Å². The molecule has 1 unspecified atom stereocenters. The summed E-state index contributed by atoms with van der Waals surface area (Å²) in [5.74, 6) is -0.897. The second-order valence-corrected chi connectivity index (χ2v) is 2.41. The molecule has 1 aromatic heterocycles. The summed E-state index contributed by atoms with van der Waals surface area (Å²) in [7, 11) is 0. The molecule has 1 heterocycles. The minimum atomic E-state index is -0.819. The molecule has 0 spiro atoms. The molecule has 0 bridgehead atoms. The highest BCUT2D eigenvalue weighted by Crippen LogP contribution is 2.15. The summed E-state index contributed by atoms with van der Waals surface area (Å²) in [6.07, 6.45) is 2.85. The number of carbonyl (C=O) groups is 1. The molecular weight excluding hydrogens is 146 g/mol. The first-order valence-corrected chi connectivity index (χ1v) is 3.30. The third-order valence-electron chi connectivity index (χ3n) is 1.44. The molecule has 0 aliphatic carbocycles. The number of carboxylic acid groups (broad SMARTS) is 1. The number of hydrogen-bond acceptors (Lipinski definition) is 3. The number of carboxylic acids is 1. The number of aliphatic carboxylic acids is 1. The summed E-state index contributed by atoms with van der Waals surface area (Å²) < 4.78 is 4.71. The van der Waals surface area contributed by atoms with Gasteiger partial charge in [-0.2, -0.15) is 0 Å². The van der Waals surface area contributed by atoms with Crippen LogP contribution in [-0.2, 0) is 4.79 Å². The third kappa shape index (κ3) is 2.07. The van der Waals surface area contributed by atoms with E-state index in [2.05, 4.69) is 4.98 Å². The van der Waals surface area contributed by atoms with Crippen molar-refractivity contribution in [3.63, 3.8) is 0 Å². The molecule has 0 aliphatic rings. The predicted octanol–water partition coefficient (Wildman–Crippen LogP) is 1.25. The molecule has 11 heavy (non-hydrogen) atoms. The lowest BCUT2D eigenvalue weighted by molar-refractivity contribution is -0.137. The van der Waals surface area contributed by atoms with E-state index >= 15 is 0 Å². The molecule has 0 fully saturated rings. The van der Waals surface area contributed by atoms with Gasteiger partial charge in [-0.25, -0.2) is 4.98 Å². The van der Waals surface area contributed by atoms with Crippen molar-refractivity contribution in [3.05, 3.63) is 18.4 Å². The van der Waals surface area contributed by atoms with E-state index in [9.17, 15) is 4.79 Å². The standard InChI is InChI=1S/C7H9NO3/c1-5(2-7(9)10)6-3-11-4-8-6/h3-5H,2H2,1H3,(H,9,10). The second kappa shape index (κ2) is 3.18. The van der Waals surface area contributed by atoms with Gasteiger partial charge in [0, 0.05) is 5.92 Å². The average molecular weight is 155 g/mol. The molecule has 1 aromatic rings. The summed E-state index contributed by atoms with van der Waals surface area (Å²) in [5.41, 5.74) is 0.687. The van der Waals surface area contributed by atoms with Crippen LogP contribution in [0.4, 0.5) is 0 Å². The quantitative estimate of drug-likeness (QED) is 0.713. The van der Waals surface area contributed by atoms with Gasteiger partial charge < -0.3 is 9.52 Å². The Labute approximate surface area is 63.9 Å². The van der Waals surface area contributed by atoms with Crippen LogP contribution >= 0.6 is 0 Å². The number of oxazole rings is 1. The normalized spacial score (nSPS) is 12.8. The van der Waals surface area contributed by atoms with Gasteiger partial charge in [-0.1, -0.05) is 6.92 Å². The van der Waals surface area contributed by atoms with E-state index in [1.807, 2.05) is 0 Å². The van der Waals surface area contributed by atoms with E-state index < -0.39 is 5.97 Å². The first-order valence-electron chi connectivity index (χ1n) is 3.30. The smallest absolute Gasteiger partial charge is 0.304 e. The van der Waals surface area contributed by atoms with E-state index in [-0.39, 0.29) is 12.3 Å². The van der Waals surface area contributed by atoms with Crippen molar-refractivity contribution in [1.82, 2.24) is 4.98 Å². The highest BCUT2D eigenvalue weighted by atomic mass is 16.4. The first kappa shape index (κ1) is 7.78. The Hall–Kier alpha value is -1.32. The van der Waals surface area contributed by atoms with Crippen molar-refractivity contribution in [2.45, 2.75) is 19.3 Å². The fourth-order valence-electron chi connectivity index (χ4n) is 0.832. The van der Waals surface area contributed by atoms with E-state index in [0.717, 1.165) is 0 Å². The highest BCUT2D eigenvalue weighted by Gasteiger charge is 2.11. The molecule has 4 nitrogen and oxygen atoms in total. The predicted molar refractivity (Wildman–Crippen MR) is 37.2 cm³/mol. The first-order chi connectivity index (χ1) is 5.20. The molecule has 1 rings (SSSR count). The molecule has 0 saturated heterocycles. The summed E-state index contributed by atoms with van der Waals surface area (Å²) in [4.78, 5) is 14.1. The van der Waals surface area contributed by atoms with Crippen LogP contribution in [0.2, 0.25) is 0 Å². The summed E-state index contributed by atoms with van der Waals surface area (Å²) in [5, 5.41) is 8.42. The fourth-order valence-corrected chi connectivity index (χ4v) is 0.832.